The molecule has 2 heterocycles. The molecule has 1 aromatic heterocycles. The van der Waals surface area contributed by atoms with Gasteiger partial charge >= 0.3 is 0 Å². The highest BCUT2D eigenvalue weighted by Crippen LogP contribution is 2.52. The Kier molecular flexibility index (Phi) is 2.86. The highest BCUT2D eigenvalue weighted by molar-refractivity contribution is 5.84. The van der Waals surface area contributed by atoms with Crippen molar-refractivity contribution in [1.82, 2.24) is 20.7 Å². The Balaban J connectivity index is 1.50. The predicted molar refractivity (Wildman–Crippen MR) is 75.6 cm³/mol. The summed E-state index contributed by atoms with van der Waals surface area (Å²) in [6.45, 7) is 5.20. The third kappa shape index (κ3) is 1.84. The summed E-state index contributed by atoms with van der Waals surface area (Å²) in [5.41, 5.74) is 1.82. The van der Waals surface area contributed by atoms with Crippen LogP contribution < -0.4 is 5.32 Å². The summed E-state index contributed by atoms with van der Waals surface area (Å²) >= 11 is 0. The van der Waals surface area contributed by atoms with Crippen LogP contribution in [0.3, 0.4) is 0 Å². The van der Waals surface area contributed by atoms with Crippen LogP contribution in [0.25, 0.3) is 0 Å². The van der Waals surface area contributed by atoms with E-state index in [2.05, 4.69) is 34.6 Å². The summed E-state index contributed by atoms with van der Waals surface area (Å²) in [7, 11) is 0. The van der Waals surface area contributed by atoms with E-state index in [0.29, 0.717) is 12.0 Å². The third-order valence-electron chi connectivity index (χ3n) is 5.60. The zero-order chi connectivity index (χ0) is 14.6. The van der Waals surface area contributed by atoms with E-state index in [1.165, 1.54) is 0 Å². The van der Waals surface area contributed by atoms with Gasteiger partial charge < -0.3 is 10.1 Å². The molecule has 21 heavy (non-hydrogen) atoms. The molecule has 4 atom stereocenters. The SMILES string of the molecule is CC1(C)C(NC(=O)C2CCCc3n[nH]nc32)C2CCOC21. The molecule has 4 unspecified atom stereocenters. The Morgan fingerprint density at radius 1 is 1.38 bits per heavy atom. The molecule has 114 valence electrons. The molecule has 2 fully saturated rings. The van der Waals surface area contributed by atoms with E-state index in [4.69, 9.17) is 4.74 Å². The third-order valence-corrected chi connectivity index (χ3v) is 5.60. The van der Waals surface area contributed by atoms with Gasteiger partial charge in [-0.15, -0.1) is 0 Å². The normalized spacial score (nSPS) is 36.5. The summed E-state index contributed by atoms with van der Waals surface area (Å²) in [4.78, 5) is 12.7. The molecule has 1 aromatic rings. The number of hydrogen-bond donors (Lipinski definition) is 2. The van der Waals surface area contributed by atoms with E-state index in [9.17, 15) is 4.79 Å². The van der Waals surface area contributed by atoms with E-state index < -0.39 is 0 Å². The molecule has 1 amide bonds. The molecule has 1 saturated carbocycles. The van der Waals surface area contributed by atoms with Gasteiger partial charge in [0.1, 0.15) is 0 Å². The van der Waals surface area contributed by atoms with Crippen molar-refractivity contribution < 1.29 is 9.53 Å². The number of nitrogens with one attached hydrogen (secondary N) is 2. The first-order valence-electron chi connectivity index (χ1n) is 7.90. The van der Waals surface area contributed by atoms with E-state index >= 15 is 0 Å². The van der Waals surface area contributed by atoms with Crippen molar-refractivity contribution >= 4 is 5.91 Å². The molecule has 0 spiro atoms. The van der Waals surface area contributed by atoms with Crippen LogP contribution in [0.15, 0.2) is 0 Å². The molecule has 0 aromatic carbocycles. The molecule has 0 bridgehead atoms. The number of carbonyl (C=O) groups excluding carboxylic acids is 1. The van der Waals surface area contributed by atoms with Crippen LogP contribution in [0.5, 0.6) is 0 Å². The molecule has 0 radical (unpaired) electrons. The van der Waals surface area contributed by atoms with Crippen LogP contribution in [0.1, 0.15) is 50.4 Å². The minimum Gasteiger partial charge on any atom is -0.377 e. The Hall–Kier alpha value is -1.43. The number of aromatic amines is 1. The number of nitrogens with zero attached hydrogens (tertiary/aromatic N) is 2. The molecular formula is C15H22N4O2. The van der Waals surface area contributed by atoms with Gasteiger partial charge in [-0.3, -0.25) is 4.79 Å². The van der Waals surface area contributed by atoms with Crippen molar-refractivity contribution in [2.75, 3.05) is 6.61 Å². The van der Waals surface area contributed by atoms with Crippen molar-refractivity contribution in [3.8, 4) is 0 Å². The van der Waals surface area contributed by atoms with Crippen molar-refractivity contribution in [2.45, 2.75) is 57.6 Å². The van der Waals surface area contributed by atoms with Gasteiger partial charge in [-0.25, -0.2) is 0 Å². The van der Waals surface area contributed by atoms with Crippen LogP contribution in [-0.2, 0) is 16.0 Å². The second-order valence-corrected chi connectivity index (χ2v) is 7.15. The van der Waals surface area contributed by atoms with E-state index in [1.807, 2.05) is 0 Å². The number of carbonyl (C=O) groups is 1. The first kappa shape index (κ1) is 13.2. The lowest BCUT2D eigenvalue weighted by Crippen LogP contribution is -2.67. The number of hydrogen-bond acceptors (Lipinski definition) is 4. The standard InChI is InChI=1S/C15H22N4O2/c1-15(2)12(9-6-7-21-13(9)15)16-14(20)8-4-3-5-10-11(8)18-19-17-10/h8-9,12-13H,3-7H2,1-2H3,(H,16,20)(H,17,18,19). The smallest absolute Gasteiger partial charge is 0.229 e. The van der Waals surface area contributed by atoms with Gasteiger partial charge in [-0.05, 0) is 25.7 Å². The zero-order valence-corrected chi connectivity index (χ0v) is 12.6. The van der Waals surface area contributed by atoms with Crippen molar-refractivity contribution in [2.24, 2.45) is 11.3 Å². The van der Waals surface area contributed by atoms with Crippen LogP contribution in [-0.4, -0.2) is 40.1 Å². The maximum absolute atomic E-state index is 12.7. The molecule has 4 rings (SSSR count). The average Bonchev–Trinajstić information content (AvgIpc) is 3.11. The number of H-pyrrole nitrogens is 1. The van der Waals surface area contributed by atoms with Gasteiger partial charge in [0.2, 0.25) is 5.91 Å². The fourth-order valence-electron chi connectivity index (χ4n) is 4.46. The number of fused-ring (bicyclic) bond motifs is 2. The summed E-state index contributed by atoms with van der Waals surface area (Å²) in [5.74, 6) is 0.433. The van der Waals surface area contributed by atoms with Crippen molar-refractivity contribution in [3.63, 3.8) is 0 Å². The van der Waals surface area contributed by atoms with Crippen LogP contribution >= 0.6 is 0 Å². The Morgan fingerprint density at radius 2 is 2.24 bits per heavy atom. The number of amides is 1. The minimum atomic E-state index is -0.148. The minimum absolute atomic E-state index is 0.0259. The van der Waals surface area contributed by atoms with Gasteiger partial charge in [0.05, 0.1) is 23.4 Å². The topological polar surface area (TPSA) is 79.9 Å². The monoisotopic (exact) mass is 290 g/mol. The van der Waals surface area contributed by atoms with Crippen LogP contribution in [0.4, 0.5) is 0 Å². The molecular weight excluding hydrogens is 268 g/mol. The summed E-state index contributed by atoms with van der Waals surface area (Å²) < 4.78 is 5.79. The maximum Gasteiger partial charge on any atom is 0.229 e. The van der Waals surface area contributed by atoms with Crippen LogP contribution in [0, 0.1) is 11.3 Å². The number of rotatable bonds is 2. The highest BCUT2D eigenvalue weighted by atomic mass is 16.5. The molecule has 3 aliphatic rings. The highest BCUT2D eigenvalue weighted by Gasteiger charge is 2.60. The quantitative estimate of drug-likeness (QED) is 0.856. The Morgan fingerprint density at radius 3 is 3.10 bits per heavy atom. The largest absolute Gasteiger partial charge is 0.377 e. The van der Waals surface area contributed by atoms with Gasteiger partial charge in [-0.1, -0.05) is 13.8 Å². The molecule has 2 aliphatic carbocycles. The number of aryl methyl sites for hydroxylation is 1. The van der Waals surface area contributed by atoms with E-state index in [1.54, 1.807) is 0 Å². The number of ether oxygens (including phenoxy) is 1. The molecule has 1 saturated heterocycles. The Labute approximate surface area is 124 Å². The fraction of sp³-hybridized carbons (Fsp3) is 0.800. The second kappa shape index (κ2) is 4.53. The lowest BCUT2D eigenvalue weighted by molar-refractivity contribution is -0.139. The lowest BCUT2D eigenvalue weighted by Gasteiger charge is -2.54. The van der Waals surface area contributed by atoms with E-state index in [-0.39, 0.29) is 23.3 Å². The van der Waals surface area contributed by atoms with Crippen molar-refractivity contribution in [1.29, 1.82) is 0 Å². The summed E-state index contributed by atoms with van der Waals surface area (Å²) in [6, 6.07) is 0.217. The van der Waals surface area contributed by atoms with Crippen molar-refractivity contribution in [3.05, 3.63) is 11.4 Å². The van der Waals surface area contributed by atoms with Gasteiger partial charge in [0, 0.05) is 24.0 Å². The lowest BCUT2D eigenvalue weighted by atomic mass is 9.57. The van der Waals surface area contributed by atoms with Gasteiger partial charge in [-0.2, -0.15) is 15.4 Å². The summed E-state index contributed by atoms with van der Waals surface area (Å²) in [5, 5.41) is 14.3. The first-order valence-corrected chi connectivity index (χ1v) is 7.90. The first-order chi connectivity index (χ1) is 10.1. The van der Waals surface area contributed by atoms with Crippen LogP contribution in [0.2, 0.25) is 0 Å². The number of aromatic nitrogens is 3. The Bertz CT molecular complexity index is 568. The maximum atomic E-state index is 12.7. The van der Waals surface area contributed by atoms with Gasteiger partial charge in [0.15, 0.2) is 0 Å². The zero-order valence-electron chi connectivity index (χ0n) is 12.6. The molecule has 1 aliphatic heterocycles. The predicted octanol–water partition coefficient (Wildman–Crippen LogP) is 1.15. The summed E-state index contributed by atoms with van der Waals surface area (Å²) in [6.07, 6.45) is 4.14. The fourth-order valence-corrected chi connectivity index (χ4v) is 4.46. The second-order valence-electron chi connectivity index (χ2n) is 7.15. The van der Waals surface area contributed by atoms with Gasteiger partial charge in [0.25, 0.3) is 0 Å². The average molecular weight is 290 g/mol. The molecule has 2 N–H and O–H groups in total. The van der Waals surface area contributed by atoms with E-state index in [0.717, 1.165) is 43.7 Å². The molecule has 6 nitrogen and oxygen atoms in total. The molecule has 6 heteroatoms.